The van der Waals surface area contributed by atoms with Crippen molar-refractivity contribution in [3.05, 3.63) is 78.4 Å². The lowest BCUT2D eigenvalue weighted by atomic mass is 9.70. The molecular weight excluding hydrogens is 486 g/mol. The number of anilines is 1. The minimum Gasteiger partial charge on any atom is -0.394 e. The van der Waals surface area contributed by atoms with Crippen LogP contribution < -0.4 is 10.6 Å². The zero-order valence-corrected chi connectivity index (χ0v) is 21.3. The molecule has 3 aromatic carbocycles. The standard InChI is InChI=1S/C29H29N3O4S/c1-30-26(34)23-22-13-14-29(37-22)24(23)28(36)32(21(16-33)18-8-3-2-4-9-18)25(29)27(35)31-20-12-11-17-7-5-6-10-19(17)15-20/h2-12,15,21-25,33H,13-14,16H2,1H3,(H,30,34)(H,31,35)/t21-,22+,23-,24+,25?,29?/m1/s1. The number of aliphatic hydroxyl groups excluding tert-OH is 1. The predicted octanol–water partition coefficient (Wildman–Crippen LogP) is 3.35. The van der Waals surface area contributed by atoms with Crippen LogP contribution in [0.5, 0.6) is 0 Å². The van der Waals surface area contributed by atoms with Gasteiger partial charge in [0, 0.05) is 18.0 Å². The highest BCUT2D eigenvalue weighted by Crippen LogP contribution is 2.67. The van der Waals surface area contributed by atoms with Gasteiger partial charge in [-0.05, 0) is 41.3 Å². The van der Waals surface area contributed by atoms with Gasteiger partial charge in [0.05, 0.1) is 29.2 Å². The highest BCUT2D eigenvalue weighted by Gasteiger charge is 2.74. The number of rotatable bonds is 6. The van der Waals surface area contributed by atoms with E-state index in [1.165, 1.54) is 0 Å². The number of thioether (sulfide) groups is 1. The van der Waals surface area contributed by atoms with E-state index in [0.29, 0.717) is 12.1 Å². The number of likely N-dealkylation sites (tertiary alicyclic amines) is 1. The lowest BCUT2D eigenvalue weighted by Crippen LogP contribution is -2.52. The molecule has 3 aliphatic heterocycles. The van der Waals surface area contributed by atoms with Crippen molar-refractivity contribution in [3.63, 3.8) is 0 Å². The molecule has 3 fully saturated rings. The Kier molecular flexibility index (Phi) is 5.96. The zero-order valence-electron chi connectivity index (χ0n) is 20.5. The van der Waals surface area contributed by atoms with Crippen molar-refractivity contribution < 1.29 is 19.5 Å². The molecule has 0 saturated carbocycles. The molecule has 0 aliphatic carbocycles. The second-order valence-electron chi connectivity index (χ2n) is 10.1. The van der Waals surface area contributed by atoms with Crippen molar-refractivity contribution in [3.8, 4) is 0 Å². The van der Waals surface area contributed by atoms with Crippen molar-refractivity contribution in [2.24, 2.45) is 11.8 Å². The zero-order chi connectivity index (χ0) is 25.7. The minimum atomic E-state index is -0.821. The molecule has 1 spiro atoms. The topological polar surface area (TPSA) is 98.7 Å². The van der Waals surface area contributed by atoms with E-state index in [1.807, 2.05) is 72.8 Å². The number of benzene rings is 3. The molecule has 7 nitrogen and oxygen atoms in total. The van der Waals surface area contributed by atoms with Gasteiger partial charge in [-0.2, -0.15) is 0 Å². The van der Waals surface area contributed by atoms with Crippen molar-refractivity contribution in [1.29, 1.82) is 0 Å². The molecule has 3 aromatic rings. The summed E-state index contributed by atoms with van der Waals surface area (Å²) in [6, 6.07) is 21.5. The molecule has 3 N–H and O–H groups in total. The number of hydrogen-bond donors (Lipinski definition) is 3. The first-order chi connectivity index (χ1) is 18.0. The molecule has 2 unspecified atom stereocenters. The highest BCUT2D eigenvalue weighted by molar-refractivity contribution is 8.02. The van der Waals surface area contributed by atoms with E-state index < -0.39 is 28.7 Å². The summed E-state index contributed by atoms with van der Waals surface area (Å²) in [7, 11) is 1.59. The number of nitrogens with zero attached hydrogens (tertiary/aromatic N) is 1. The van der Waals surface area contributed by atoms with Crippen LogP contribution in [0.25, 0.3) is 10.8 Å². The van der Waals surface area contributed by atoms with E-state index in [2.05, 4.69) is 10.6 Å². The Balaban J connectivity index is 1.42. The van der Waals surface area contributed by atoms with Gasteiger partial charge >= 0.3 is 0 Å². The summed E-state index contributed by atoms with van der Waals surface area (Å²) in [6.07, 6.45) is 1.45. The van der Waals surface area contributed by atoms with Gasteiger partial charge in [-0.3, -0.25) is 14.4 Å². The second kappa shape index (κ2) is 9.19. The first-order valence-corrected chi connectivity index (χ1v) is 13.5. The second-order valence-corrected chi connectivity index (χ2v) is 11.7. The van der Waals surface area contributed by atoms with Crippen LogP contribution in [0.15, 0.2) is 72.8 Å². The lowest BCUT2D eigenvalue weighted by molar-refractivity contribution is -0.142. The van der Waals surface area contributed by atoms with Crippen molar-refractivity contribution in [2.45, 2.75) is 34.9 Å². The highest BCUT2D eigenvalue weighted by atomic mass is 32.2. The monoisotopic (exact) mass is 515 g/mol. The largest absolute Gasteiger partial charge is 0.394 e. The Morgan fingerprint density at radius 3 is 2.51 bits per heavy atom. The van der Waals surface area contributed by atoms with Crippen LogP contribution >= 0.6 is 11.8 Å². The van der Waals surface area contributed by atoms with Gasteiger partial charge in [0.1, 0.15) is 6.04 Å². The van der Waals surface area contributed by atoms with Crippen LogP contribution in [0.1, 0.15) is 24.4 Å². The summed E-state index contributed by atoms with van der Waals surface area (Å²) in [4.78, 5) is 42.8. The SMILES string of the molecule is CNC(=O)[C@@H]1[C@@H]2CCC3(S2)C(C(=O)Nc2ccc4ccccc4c2)N([C@H](CO)c2ccccc2)C(=O)[C@H]13. The van der Waals surface area contributed by atoms with E-state index in [9.17, 15) is 19.5 Å². The number of nitrogens with one attached hydrogen (secondary N) is 2. The summed E-state index contributed by atoms with van der Waals surface area (Å²) >= 11 is 1.62. The van der Waals surface area contributed by atoms with E-state index in [1.54, 1.807) is 23.7 Å². The summed E-state index contributed by atoms with van der Waals surface area (Å²) in [5.74, 6) is -1.78. The van der Waals surface area contributed by atoms with Crippen molar-refractivity contribution in [2.75, 3.05) is 19.0 Å². The van der Waals surface area contributed by atoms with Gasteiger partial charge in [-0.15, -0.1) is 11.8 Å². The maximum atomic E-state index is 14.2. The fourth-order valence-corrected chi connectivity index (χ4v) is 8.91. The molecule has 3 heterocycles. The van der Waals surface area contributed by atoms with Gasteiger partial charge in [-0.25, -0.2) is 0 Å². The molecule has 3 aliphatic rings. The number of hydrogen-bond acceptors (Lipinski definition) is 5. The van der Waals surface area contributed by atoms with Crippen LogP contribution in [-0.2, 0) is 14.4 Å². The Morgan fingerprint density at radius 1 is 1.05 bits per heavy atom. The van der Waals surface area contributed by atoms with Crippen molar-refractivity contribution >= 4 is 45.9 Å². The molecule has 0 aromatic heterocycles. The molecule has 2 bridgehead atoms. The van der Waals surface area contributed by atoms with E-state index >= 15 is 0 Å². The van der Waals surface area contributed by atoms with Gasteiger partial charge in [0.2, 0.25) is 17.7 Å². The Labute approximate surface area is 219 Å². The lowest BCUT2D eigenvalue weighted by Gasteiger charge is -2.37. The summed E-state index contributed by atoms with van der Waals surface area (Å²) in [5, 5.41) is 18.4. The molecule has 190 valence electrons. The van der Waals surface area contributed by atoms with Crippen LogP contribution in [0.4, 0.5) is 5.69 Å². The first-order valence-electron chi connectivity index (χ1n) is 12.7. The van der Waals surface area contributed by atoms with E-state index in [0.717, 1.165) is 22.8 Å². The molecule has 8 heteroatoms. The number of amides is 3. The third-order valence-electron chi connectivity index (χ3n) is 8.25. The number of carbonyl (C=O) groups excluding carboxylic acids is 3. The summed E-state index contributed by atoms with van der Waals surface area (Å²) in [6.45, 7) is -0.322. The third kappa shape index (κ3) is 3.65. The number of aliphatic hydroxyl groups is 1. The normalized spacial score (nSPS) is 28.8. The maximum Gasteiger partial charge on any atom is 0.248 e. The van der Waals surface area contributed by atoms with Gasteiger partial charge in [0.25, 0.3) is 0 Å². The van der Waals surface area contributed by atoms with Gasteiger partial charge in [0.15, 0.2) is 0 Å². The molecule has 3 amide bonds. The van der Waals surface area contributed by atoms with E-state index in [-0.39, 0.29) is 29.6 Å². The predicted molar refractivity (Wildman–Crippen MR) is 144 cm³/mol. The van der Waals surface area contributed by atoms with Crippen LogP contribution in [0.2, 0.25) is 0 Å². The van der Waals surface area contributed by atoms with Crippen molar-refractivity contribution in [1.82, 2.24) is 10.2 Å². The van der Waals surface area contributed by atoms with Crippen LogP contribution in [-0.4, -0.2) is 57.4 Å². The molecule has 6 atom stereocenters. The first kappa shape index (κ1) is 24.0. The third-order valence-corrected chi connectivity index (χ3v) is 10.2. The number of carbonyl (C=O) groups is 3. The molecule has 0 radical (unpaired) electrons. The maximum absolute atomic E-state index is 14.2. The van der Waals surface area contributed by atoms with Gasteiger partial charge in [-0.1, -0.05) is 60.7 Å². The van der Waals surface area contributed by atoms with E-state index in [4.69, 9.17) is 0 Å². The Morgan fingerprint density at radius 2 is 1.78 bits per heavy atom. The average Bonchev–Trinajstić information content (AvgIpc) is 3.57. The fraction of sp³-hybridized carbons (Fsp3) is 0.345. The Bertz CT molecular complexity index is 1380. The summed E-state index contributed by atoms with van der Waals surface area (Å²) < 4.78 is -0.720. The Hall–Kier alpha value is -3.36. The smallest absolute Gasteiger partial charge is 0.248 e. The minimum absolute atomic E-state index is 0.00341. The van der Waals surface area contributed by atoms with Crippen LogP contribution in [0, 0.1) is 11.8 Å². The quantitative estimate of drug-likeness (QED) is 0.468. The molecular formula is C29H29N3O4S. The number of fused-ring (bicyclic) bond motifs is 2. The molecule has 6 rings (SSSR count). The fourth-order valence-electron chi connectivity index (χ4n) is 6.70. The molecule has 3 saturated heterocycles. The average molecular weight is 516 g/mol. The van der Waals surface area contributed by atoms with Gasteiger partial charge < -0.3 is 20.6 Å². The van der Waals surface area contributed by atoms with Crippen LogP contribution in [0.3, 0.4) is 0 Å². The molecule has 37 heavy (non-hydrogen) atoms. The summed E-state index contributed by atoms with van der Waals surface area (Å²) in [5.41, 5.74) is 1.41.